The molecule has 132 valence electrons. The minimum atomic E-state index is -0.748. The lowest BCUT2D eigenvalue weighted by Crippen LogP contribution is -2.19. The van der Waals surface area contributed by atoms with Crippen molar-refractivity contribution in [2.24, 2.45) is 11.8 Å². The van der Waals surface area contributed by atoms with E-state index in [0.717, 1.165) is 18.3 Å². The fourth-order valence-electron chi connectivity index (χ4n) is 2.51. The van der Waals surface area contributed by atoms with Gasteiger partial charge in [-0.2, -0.15) is 0 Å². The van der Waals surface area contributed by atoms with Gasteiger partial charge >= 0.3 is 0 Å². The predicted molar refractivity (Wildman–Crippen MR) is 94.0 cm³/mol. The van der Waals surface area contributed by atoms with Crippen molar-refractivity contribution in [3.63, 3.8) is 0 Å². The highest BCUT2D eigenvalue weighted by atomic mass is 16.5. The Morgan fingerprint density at radius 2 is 1.77 bits per heavy atom. The summed E-state index contributed by atoms with van der Waals surface area (Å²) in [5.41, 5.74) is 1.43. The van der Waals surface area contributed by atoms with Crippen molar-refractivity contribution in [3.05, 3.63) is 11.6 Å². The summed E-state index contributed by atoms with van der Waals surface area (Å²) in [4.78, 5) is 0. The van der Waals surface area contributed by atoms with Crippen LogP contribution in [-0.2, 0) is 4.74 Å². The van der Waals surface area contributed by atoms with Crippen LogP contribution in [0.3, 0.4) is 0 Å². The fraction of sp³-hybridized carbons (Fsp3) is 0.895. The van der Waals surface area contributed by atoms with Gasteiger partial charge in [0.15, 0.2) is 0 Å². The normalized spacial score (nSPS) is 15.3. The summed E-state index contributed by atoms with van der Waals surface area (Å²) >= 11 is 0. The molecule has 0 aliphatic carbocycles. The highest BCUT2D eigenvalue weighted by molar-refractivity contribution is 4.97. The van der Waals surface area contributed by atoms with Crippen molar-refractivity contribution in [2.75, 3.05) is 19.8 Å². The predicted octanol–water partition coefficient (Wildman–Crippen LogP) is 4.33. The van der Waals surface area contributed by atoms with E-state index >= 15 is 0 Å². The summed E-state index contributed by atoms with van der Waals surface area (Å²) in [5.74, 6) is 1.67. The zero-order valence-corrected chi connectivity index (χ0v) is 15.2. The Morgan fingerprint density at radius 1 is 1.09 bits per heavy atom. The van der Waals surface area contributed by atoms with Crippen molar-refractivity contribution in [1.29, 1.82) is 0 Å². The van der Waals surface area contributed by atoms with Gasteiger partial charge in [-0.15, -0.1) is 0 Å². The minimum absolute atomic E-state index is 0.220. The van der Waals surface area contributed by atoms with Crippen LogP contribution in [0.2, 0.25) is 0 Å². The number of hydrogen-bond donors (Lipinski definition) is 2. The van der Waals surface area contributed by atoms with E-state index in [0.29, 0.717) is 6.61 Å². The molecule has 0 radical (unpaired) electrons. The molecule has 0 rings (SSSR count). The number of ether oxygens (including phenoxy) is 1. The highest BCUT2D eigenvalue weighted by Gasteiger charge is 2.04. The lowest BCUT2D eigenvalue weighted by Gasteiger charge is -2.12. The summed E-state index contributed by atoms with van der Waals surface area (Å²) in [6.45, 7) is 9.76. The van der Waals surface area contributed by atoms with Crippen LogP contribution in [0.15, 0.2) is 11.6 Å². The Labute approximate surface area is 137 Å². The molecule has 0 aliphatic rings. The Morgan fingerprint density at radius 3 is 2.41 bits per heavy atom. The first kappa shape index (κ1) is 21.6. The Kier molecular flexibility index (Phi) is 14.0. The summed E-state index contributed by atoms with van der Waals surface area (Å²) in [7, 11) is 0. The Hall–Kier alpha value is -0.380. The van der Waals surface area contributed by atoms with Gasteiger partial charge in [0.2, 0.25) is 0 Å². The van der Waals surface area contributed by atoms with Gasteiger partial charge in [0, 0.05) is 0 Å². The molecule has 0 spiro atoms. The van der Waals surface area contributed by atoms with Crippen LogP contribution in [0.1, 0.15) is 72.6 Å². The third kappa shape index (κ3) is 14.6. The van der Waals surface area contributed by atoms with Gasteiger partial charge < -0.3 is 14.9 Å². The summed E-state index contributed by atoms with van der Waals surface area (Å²) in [6.07, 6.45) is 10.2. The van der Waals surface area contributed by atoms with E-state index in [9.17, 15) is 0 Å². The first-order valence-electron chi connectivity index (χ1n) is 8.98. The van der Waals surface area contributed by atoms with E-state index in [2.05, 4.69) is 33.8 Å². The SMILES string of the molecule is CC(=CCCOCC(O)CO)CCCC(C)CCCC(C)C. The lowest BCUT2D eigenvalue weighted by molar-refractivity contribution is 0.00764. The van der Waals surface area contributed by atoms with E-state index in [4.69, 9.17) is 14.9 Å². The van der Waals surface area contributed by atoms with Crippen LogP contribution in [-0.4, -0.2) is 36.1 Å². The van der Waals surface area contributed by atoms with E-state index < -0.39 is 6.10 Å². The van der Waals surface area contributed by atoms with Crippen LogP contribution >= 0.6 is 0 Å². The number of aliphatic hydroxyl groups excluding tert-OH is 2. The van der Waals surface area contributed by atoms with Gasteiger partial charge in [-0.05, 0) is 38.0 Å². The van der Waals surface area contributed by atoms with Gasteiger partial charge in [0.25, 0.3) is 0 Å². The summed E-state index contributed by atoms with van der Waals surface area (Å²) in [5, 5.41) is 17.8. The molecule has 0 aromatic heterocycles. The third-order valence-electron chi connectivity index (χ3n) is 4.02. The average Bonchev–Trinajstić information content (AvgIpc) is 2.46. The third-order valence-corrected chi connectivity index (χ3v) is 4.02. The second kappa shape index (κ2) is 14.2. The van der Waals surface area contributed by atoms with Crippen molar-refractivity contribution in [3.8, 4) is 0 Å². The molecule has 0 heterocycles. The number of rotatable bonds is 14. The first-order valence-corrected chi connectivity index (χ1v) is 8.98. The number of hydrogen-bond acceptors (Lipinski definition) is 3. The number of aliphatic hydroxyl groups is 2. The molecule has 2 atom stereocenters. The molecule has 3 heteroatoms. The molecule has 0 aromatic rings. The maximum absolute atomic E-state index is 9.14. The van der Waals surface area contributed by atoms with Gasteiger partial charge in [-0.3, -0.25) is 0 Å². The standard InChI is InChI=1S/C19H38O3/c1-16(2)8-5-9-17(3)10-6-11-18(4)12-7-13-22-15-19(21)14-20/h12,16-17,19-21H,5-11,13-15H2,1-4H3. The minimum Gasteiger partial charge on any atom is -0.394 e. The van der Waals surface area contributed by atoms with Crippen LogP contribution in [0.4, 0.5) is 0 Å². The van der Waals surface area contributed by atoms with Gasteiger partial charge in [0.05, 0.1) is 19.8 Å². The van der Waals surface area contributed by atoms with Crippen molar-refractivity contribution in [2.45, 2.75) is 78.7 Å². The van der Waals surface area contributed by atoms with Crippen LogP contribution in [0, 0.1) is 11.8 Å². The Balaban J connectivity index is 3.54. The summed E-state index contributed by atoms with van der Waals surface area (Å²) < 4.78 is 5.29. The van der Waals surface area contributed by atoms with Crippen LogP contribution in [0.5, 0.6) is 0 Å². The second-order valence-corrected chi connectivity index (χ2v) is 7.07. The van der Waals surface area contributed by atoms with E-state index in [1.807, 2.05) is 0 Å². The molecule has 0 saturated carbocycles. The molecular formula is C19H38O3. The van der Waals surface area contributed by atoms with Crippen LogP contribution in [0.25, 0.3) is 0 Å². The molecule has 0 amide bonds. The molecule has 0 bridgehead atoms. The van der Waals surface area contributed by atoms with Crippen molar-refractivity contribution >= 4 is 0 Å². The molecule has 0 aromatic carbocycles. The molecule has 0 fully saturated rings. The highest BCUT2D eigenvalue weighted by Crippen LogP contribution is 2.19. The lowest BCUT2D eigenvalue weighted by atomic mass is 9.94. The van der Waals surface area contributed by atoms with Gasteiger partial charge in [0.1, 0.15) is 6.10 Å². The average molecular weight is 315 g/mol. The quantitative estimate of drug-likeness (QED) is 0.371. The topological polar surface area (TPSA) is 49.7 Å². The van der Waals surface area contributed by atoms with E-state index in [1.54, 1.807) is 0 Å². The molecule has 3 nitrogen and oxygen atoms in total. The van der Waals surface area contributed by atoms with Gasteiger partial charge in [-0.25, -0.2) is 0 Å². The largest absolute Gasteiger partial charge is 0.394 e. The second-order valence-electron chi connectivity index (χ2n) is 7.07. The van der Waals surface area contributed by atoms with Crippen molar-refractivity contribution in [1.82, 2.24) is 0 Å². The zero-order chi connectivity index (χ0) is 16.8. The molecule has 22 heavy (non-hydrogen) atoms. The van der Waals surface area contributed by atoms with Crippen molar-refractivity contribution < 1.29 is 14.9 Å². The summed E-state index contributed by atoms with van der Waals surface area (Å²) in [6, 6.07) is 0. The smallest absolute Gasteiger partial charge is 0.100 e. The fourth-order valence-corrected chi connectivity index (χ4v) is 2.51. The zero-order valence-electron chi connectivity index (χ0n) is 15.2. The number of allylic oxidation sites excluding steroid dienone is 1. The molecule has 2 unspecified atom stereocenters. The van der Waals surface area contributed by atoms with E-state index in [1.165, 1.54) is 44.1 Å². The molecular weight excluding hydrogens is 276 g/mol. The first-order chi connectivity index (χ1) is 10.5. The Bertz CT molecular complexity index is 274. The molecule has 0 aliphatic heterocycles. The monoisotopic (exact) mass is 314 g/mol. The maximum Gasteiger partial charge on any atom is 0.100 e. The molecule has 0 saturated heterocycles. The molecule has 2 N–H and O–H groups in total. The van der Waals surface area contributed by atoms with E-state index in [-0.39, 0.29) is 13.2 Å². The van der Waals surface area contributed by atoms with Crippen LogP contribution < -0.4 is 0 Å². The van der Waals surface area contributed by atoms with Gasteiger partial charge in [-0.1, -0.05) is 58.1 Å². The maximum atomic E-state index is 9.14.